The standard InChI is InChI=1S/C9H14BrN5S/c1-6-5-15(2-3-16-6)8-7(10)4-12-9(13-8)14-11/h4,6H,2-3,5,11H2,1H3,(H,12,13,14). The number of anilines is 2. The Hall–Kier alpha value is -0.530. The third kappa shape index (κ3) is 2.58. The average Bonchev–Trinajstić information content (AvgIpc) is 2.30. The molecule has 7 heteroatoms. The first-order chi connectivity index (χ1) is 7.70. The lowest BCUT2D eigenvalue weighted by atomic mass is 10.3. The van der Waals surface area contributed by atoms with Crippen LogP contribution in [0.4, 0.5) is 11.8 Å². The number of nitrogens with zero attached hydrogens (tertiary/aromatic N) is 3. The number of nitrogens with two attached hydrogens (primary N) is 1. The number of nitrogens with one attached hydrogen (secondary N) is 1. The van der Waals surface area contributed by atoms with Crippen molar-refractivity contribution in [2.45, 2.75) is 12.2 Å². The van der Waals surface area contributed by atoms with Crippen LogP contribution in [0.5, 0.6) is 0 Å². The number of hydrogen-bond donors (Lipinski definition) is 2. The van der Waals surface area contributed by atoms with Crippen molar-refractivity contribution in [2.75, 3.05) is 29.2 Å². The van der Waals surface area contributed by atoms with Crippen molar-refractivity contribution < 1.29 is 0 Å². The summed E-state index contributed by atoms with van der Waals surface area (Å²) < 4.78 is 0.908. The van der Waals surface area contributed by atoms with Gasteiger partial charge >= 0.3 is 0 Å². The van der Waals surface area contributed by atoms with Gasteiger partial charge in [0.15, 0.2) is 0 Å². The summed E-state index contributed by atoms with van der Waals surface area (Å²) in [6.07, 6.45) is 1.73. The van der Waals surface area contributed by atoms with Crippen LogP contribution in [0, 0.1) is 0 Å². The molecule has 88 valence electrons. The molecule has 1 saturated heterocycles. The first-order valence-electron chi connectivity index (χ1n) is 5.06. The third-order valence-corrected chi connectivity index (χ3v) is 4.09. The first kappa shape index (κ1) is 11.9. The molecule has 1 aliphatic heterocycles. The van der Waals surface area contributed by atoms with Gasteiger partial charge in [0.05, 0.1) is 4.47 Å². The molecule has 0 saturated carbocycles. The normalized spacial score (nSPS) is 20.9. The summed E-state index contributed by atoms with van der Waals surface area (Å²) in [6.45, 7) is 4.24. The van der Waals surface area contributed by atoms with Gasteiger partial charge < -0.3 is 4.90 Å². The second-order valence-electron chi connectivity index (χ2n) is 3.64. The number of rotatable bonds is 2. The minimum atomic E-state index is 0.448. The Morgan fingerprint density at radius 3 is 3.19 bits per heavy atom. The molecule has 2 heterocycles. The molecule has 0 aliphatic carbocycles. The highest BCUT2D eigenvalue weighted by Gasteiger charge is 2.20. The molecule has 0 amide bonds. The van der Waals surface area contributed by atoms with Crippen molar-refractivity contribution in [2.24, 2.45) is 5.84 Å². The summed E-state index contributed by atoms with van der Waals surface area (Å²) in [5.74, 6) is 7.80. The summed E-state index contributed by atoms with van der Waals surface area (Å²) in [5.41, 5.74) is 2.47. The maximum absolute atomic E-state index is 5.31. The molecule has 1 aliphatic rings. The van der Waals surface area contributed by atoms with Crippen LogP contribution in [0.15, 0.2) is 10.7 Å². The molecule has 1 aromatic heterocycles. The van der Waals surface area contributed by atoms with E-state index in [-0.39, 0.29) is 0 Å². The van der Waals surface area contributed by atoms with Crippen LogP contribution in [-0.4, -0.2) is 34.1 Å². The summed E-state index contributed by atoms with van der Waals surface area (Å²) in [6, 6.07) is 0. The van der Waals surface area contributed by atoms with Gasteiger partial charge in [-0.2, -0.15) is 16.7 Å². The van der Waals surface area contributed by atoms with Crippen LogP contribution < -0.4 is 16.2 Å². The maximum atomic E-state index is 5.31. The molecule has 0 spiro atoms. The lowest BCUT2D eigenvalue weighted by Crippen LogP contribution is -2.37. The zero-order valence-electron chi connectivity index (χ0n) is 8.98. The van der Waals surface area contributed by atoms with E-state index in [9.17, 15) is 0 Å². The number of halogens is 1. The lowest BCUT2D eigenvalue weighted by Gasteiger charge is -2.32. The van der Waals surface area contributed by atoms with Crippen LogP contribution >= 0.6 is 27.7 Å². The predicted molar refractivity (Wildman–Crippen MR) is 71.7 cm³/mol. The minimum absolute atomic E-state index is 0.448. The molecule has 0 radical (unpaired) electrons. The Bertz CT molecular complexity index is 375. The Kier molecular flexibility index (Phi) is 3.88. The van der Waals surface area contributed by atoms with Crippen molar-refractivity contribution in [1.82, 2.24) is 9.97 Å². The van der Waals surface area contributed by atoms with Crippen LogP contribution in [-0.2, 0) is 0 Å². The van der Waals surface area contributed by atoms with E-state index in [1.54, 1.807) is 6.20 Å². The number of nitrogen functional groups attached to an aromatic ring is 1. The van der Waals surface area contributed by atoms with Gasteiger partial charge in [-0.1, -0.05) is 6.92 Å². The second-order valence-corrected chi connectivity index (χ2v) is 6.04. The van der Waals surface area contributed by atoms with Gasteiger partial charge in [0, 0.05) is 30.3 Å². The average molecular weight is 304 g/mol. The van der Waals surface area contributed by atoms with Crippen LogP contribution in [0.25, 0.3) is 0 Å². The van der Waals surface area contributed by atoms with E-state index < -0.39 is 0 Å². The summed E-state index contributed by atoms with van der Waals surface area (Å²) in [4.78, 5) is 10.7. The van der Waals surface area contributed by atoms with E-state index in [1.807, 2.05) is 11.8 Å². The molecular formula is C9H14BrN5S. The number of aromatic nitrogens is 2. The van der Waals surface area contributed by atoms with Crippen LogP contribution in [0.1, 0.15) is 6.92 Å². The van der Waals surface area contributed by atoms with E-state index in [4.69, 9.17) is 5.84 Å². The van der Waals surface area contributed by atoms with Crippen molar-refractivity contribution in [1.29, 1.82) is 0 Å². The molecule has 1 aromatic rings. The largest absolute Gasteiger partial charge is 0.354 e. The maximum Gasteiger partial charge on any atom is 0.239 e. The van der Waals surface area contributed by atoms with Crippen molar-refractivity contribution >= 4 is 39.5 Å². The molecule has 16 heavy (non-hydrogen) atoms. The number of hydrazine groups is 1. The summed E-state index contributed by atoms with van der Waals surface area (Å²) in [7, 11) is 0. The smallest absolute Gasteiger partial charge is 0.239 e. The zero-order valence-corrected chi connectivity index (χ0v) is 11.4. The van der Waals surface area contributed by atoms with E-state index >= 15 is 0 Å². The topological polar surface area (TPSA) is 67.1 Å². The molecule has 3 N–H and O–H groups in total. The zero-order chi connectivity index (χ0) is 11.5. The quantitative estimate of drug-likeness (QED) is 0.637. The molecule has 5 nitrogen and oxygen atoms in total. The Morgan fingerprint density at radius 2 is 2.50 bits per heavy atom. The molecule has 0 bridgehead atoms. The van der Waals surface area contributed by atoms with Crippen LogP contribution in [0.2, 0.25) is 0 Å². The van der Waals surface area contributed by atoms with Gasteiger partial charge in [0.1, 0.15) is 5.82 Å². The van der Waals surface area contributed by atoms with Gasteiger partial charge in [0.2, 0.25) is 5.95 Å². The molecule has 1 fully saturated rings. The van der Waals surface area contributed by atoms with E-state index in [2.05, 4.69) is 43.1 Å². The van der Waals surface area contributed by atoms with Gasteiger partial charge in [-0.3, -0.25) is 5.43 Å². The summed E-state index contributed by atoms with van der Waals surface area (Å²) in [5, 5.41) is 0.630. The number of hydrogen-bond acceptors (Lipinski definition) is 6. The Balaban J connectivity index is 2.24. The fourth-order valence-electron chi connectivity index (χ4n) is 1.66. The van der Waals surface area contributed by atoms with Gasteiger partial charge in [-0.25, -0.2) is 10.8 Å². The second kappa shape index (κ2) is 5.20. The fraction of sp³-hybridized carbons (Fsp3) is 0.556. The number of thioether (sulfide) groups is 1. The SMILES string of the molecule is CC1CN(c2nc(NN)ncc2Br)CCS1. The fourth-order valence-corrected chi connectivity index (χ4v) is 3.12. The highest BCUT2D eigenvalue weighted by atomic mass is 79.9. The van der Waals surface area contributed by atoms with Gasteiger partial charge in [0.25, 0.3) is 0 Å². The van der Waals surface area contributed by atoms with Crippen molar-refractivity contribution in [3.8, 4) is 0 Å². The first-order valence-corrected chi connectivity index (χ1v) is 6.90. The van der Waals surface area contributed by atoms with Gasteiger partial charge in [-0.05, 0) is 15.9 Å². The Morgan fingerprint density at radius 1 is 1.69 bits per heavy atom. The molecule has 1 unspecified atom stereocenters. The molecule has 1 atom stereocenters. The van der Waals surface area contributed by atoms with Gasteiger partial charge in [-0.15, -0.1) is 0 Å². The molecule has 2 rings (SSSR count). The molecule has 0 aromatic carbocycles. The Labute approximate surface area is 107 Å². The van der Waals surface area contributed by atoms with E-state index in [1.165, 1.54) is 0 Å². The highest BCUT2D eigenvalue weighted by Crippen LogP contribution is 2.28. The lowest BCUT2D eigenvalue weighted by molar-refractivity contribution is 0.766. The highest BCUT2D eigenvalue weighted by molar-refractivity contribution is 9.10. The minimum Gasteiger partial charge on any atom is -0.354 e. The third-order valence-electron chi connectivity index (χ3n) is 2.40. The summed E-state index contributed by atoms with van der Waals surface area (Å²) >= 11 is 5.46. The molecular weight excluding hydrogens is 290 g/mol. The predicted octanol–water partition coefficient (Wildman–Crippen LogP) is 1.47. The monoisotopic (exact) mass is 303 g/mol. The van der Waals surface area contributed by atoms with E-state index in [0.717, 1.165) is 29.1 Å². The van der Waals surface area contributed by atoms with Crippen molar-refractivity contribution in [3.05, 3.63) is 10.7 Å². The van der Waals surface area contributed by atoms with Crippen LogP contribution in [0.3, 0.4) is 0 Å². The van der Waals surface area contributed by atoms with Crippen molar-refractivity contribution in [3.63, 3.8) is 0 Å². The van der Waals surface area contributed by atoms with E-state index in [0.29, 0.717) is 11.2 Å².